The lowest BCUT2D eigenvalue weighted by molar-refractivity contribution is 0.481. The van der Waals surface area contributed by atoms with Crippen molar-refractivity contribution >= 4 is 12.1 Å². The van der Waals surface area contributed by atoms with Crippen molar-refractivity contribution in [3.63, 3.8) is 0 Å². The Bertz CT molecular complexity index is 576. The highest BCUT2D eigenvalue weighted by Crippen LogP contribution is 2.21. The summed E-state index contributed by atoms with van der Waals surface area (Å²) in [6, 6.07) is 5.47. The number of aromatic nitrogens is 1. The summed E-state index contributed by atoms with van der Waals surface area (Å²) in [5, 5.41) is 12.8. The molecule has 6 nitrogen and oxygen atoms in total. The van der Waals surface area contributed by atoms with Gasteiger partial charge in [0.15, 0.2) is 0 Å². The Kier molecular flexibility index (Phi) is 3.44. The lowest BCUT2D eigenvalue weighted by Crippen LogP contribution is -1.90. The molecule has 0 bridgehead atoms. The van der Waals surface area contributed by atoms with E-state index in [2.05, 4.69) is 15.5 Å². The number of anilines is 1. The molecule has 0 aliphatic rings. The molecule has 2 aromatic rings. The Morgan fingerprint density at radius 2 is 2.39 bits per heavy atom. The highest BCUT2D eigenvalue weighted by Gasteiger charge is 2.14. The second kappa shape index (κ2) is 5.19. The number of nitrogens with one attached hydrogen (secondary N) is 1. The predicted molar refractivity (Wildman–Crippen MR) is 65.2 cm³/mol. The van der Waals surface area contributed by atoms with Crippen molar-refractivity contribution in [2.75, 3.05) is 5.43 Å². The Morgan fingerprint density at radius 3 is 3.00 bits per heavy atom. The molecule has 0 radical (unpaired) electrons. The van der Waals surface area contributed by atoms with Crippen molar-refractivity contribution in [3.8, 4) is 6.07 Å². The first-order valence-corrected chi connectivity index (χ1v) is 5.44. The smallest absolute Gasteiger partial charge is 0.252 e. The van der Waals surface area contributed by atoms with Crippen molar-refractivity contribution in [1.82, 2.24) is 4.98 Å². The van der Waals surface area contributed by atoms with Crippen molar-refractivity contribution in [2.24, 2.45) is 5.10 Å². The van der Waals surface area contributed by atoms with Gasteiger partial charge in [-0.1, -0.05) is 13.8 Å². The maximum atomic E-state index is 8.91. The van der Waals surface area contributed by atoms with Gasteiger partial charge in [-0.25, -0.2) is 10.4 Å². The van der Waals surface area contributed by atoms with E-state index >= 15 is 0 Å². The van der Waals surface area contributed by atoms with Gasteiger partial charge in [0, 0.05) is 5.92 Å². The van der Waals surface area contributed by atoms with Crippen LogP contribution >= 0.6 is 0 Å². The average Bonchev–Trinajstić information content (AvgIpc) is 2.97. The molecular weight excluding hydrogens is 232 g/mol. The van der Waals surface area contributed by atoms with Crippen LogP contribution in [0.5, 0.6) is 0 Å². The Morgan fingerprint density at radius 1 is 1.56 bits per heavy atom. The Hall–Kier alpha value is -2.55. The Balaban J connectivity index is 2.12. The fourth-order valence-electron chi connectivity index (χ4n) is 1.25. The molecule has 92 valence electrons. The molecule has 1 N–H and O–H groups in total. The van der Waals surface area contributed by atoms with Crippen LogP contribution in [0.4, 0.5) is 5.88 Å². The fraction of sp³-hybridized carbons (Fsp3) is 0.250. The van der Waals surface area contributed by atoms with Gasteiger partial charge in [-0.2, -0.15) is 10.4 Å². The molecule has 6 heteroatoms. The van der Waals surface area contributed by atoms with Crippen molar-refractivity contribution in [2.45, 2.75) is 19.8 Å². The first-order valence-electron chi connectivity index (χ1n) is 5.44. The van der Waals surface area contributed by atoms with Crippen LogP contribution in [0.2, 0.25) is 0 Å². The lowest BCUT2D eigenvalue weighted by Gasteiger charge is -1.96. The van der Waals surface area contributed by atoms with Gasteiger partial charge < -0.3 is 8.83 Å². The van der Waals surface area contributed by atoms with Gasteiger partial charge in [0.2, 0.25) is 11.6 Å². The van der Waals surface area contributed by atoms with E-state index in [1.54, 1.807) is 18.4 Å². The van der Waals surface area contributed by atoms with Gasteiger partial charge in [-0.05, 0) is 12.1 Å². The number of oxazole rings is 1. The van der Waals surface area contributed by atoms with Crippen molar-refractivity contribution in [3.05, 3.63) is 35.7 Å². The number of rotatable bonds is 4. The molecule has 0 fully saturated rings. The summed E-state index contributed by atoms with van der Waals surface area (Å²) in [6.45, 7) is 3.87. The quantitative estimate of drug-likeness (QED) is 0.659. The summed E-state index contributed by atoms with van der Waals surface area (Å²) >= 11 is 0. The van der Waals surface area contributed by atoms with Crippen molar-refractivity contribution in [1.29, 1.82) is 5.26 Å². The van der Waals surface area contributed by atoms with Crippen LogP contribution in [0, 0.1) is 11.3 Å². The van der Waals surface area contributed by atoms with E-state index in [0.717, 1.165) is 0 Å². The number of nitrogens with zero attached hydrogens (tertiary/aromatic N) is 3. The third kappa shape index (κ3) is 2.58. The summed E-state index contributed by atoms with van der Waals surface area (Å²) in [7, 11) is 0. The summed E-state index contributed by atoms with van der Waals surface area (Å²) in [4.78, 5) is 4.06. The summed E-state index contributed by atoms with van der Waals surface area (Å²) < 4.78 is 10.5. The number of nitriles is 1. The van der Waals surface area contributed by atoms with Crippen LogP contribution in [-0.2, 0) is 0 Å². The highest BCUT2D eigenvalue weighted by atomic mass is 16.4. The zero-order valence-corrected chi connectivity index (χ0v) is 10.0. The zero-order valence-electron chi connectivity index (χ0n) is 10.0. The summed E-state index contributed by atoms with van der Waals surface area (Å²) in [5.74, 6) is 1.46. The van der Waals surface area contributed by atoms with Gasteiger partial charge in [-0.15, -0.1) is 0 Å². The molecule has 0 amide bonds. The van der Waals surface area contributed by atoms with Crippen LogP contribution in [0.25, 0.3) is 0 Å². The molecule has 2 heterocycles. The maximum absolute atomic E-state index is 8.91. The lowest BCUT2D eigenvalue weighted by atomic mass is 10.2. The largest absolute Gasteiger partial charge is 0.463 e. The second-order valence-electron chi connectivity index (χ2n) is 3.88. The monoisotopic (exact) mass is 244 g/mol. The van der Waals surface area contributed by atoms with E-state index < -0.39 is 0 Å². The molecule has 0 unspecified atom stereocenters. The van der Waals surface area contributed by atoms with Crippen LogP contribution < -0.4 is 5.43 Å². The van der Waals surface area contributed by atoms with E-state index in [1.165, 1.54) is 6.21 Å². The molecule has 18 heavy (non-hydrogen) atoms. The van der Waals surface area contributed by atoms with Gasteiger partial charge in [0.05, 0.1) is 12.5 Å². The van der Waals surface area contributed by atoms with Gasteiger partial charge >= 0.3 is 0 Å². The van der Waals surface area contributed by atoms with E-state index in [1.807, 2.05) is 19.9 Å². The summed E-state index contributed by atoms with van der Waals surface area (Å²) in [6.07, 6.45) is 3.03. The molecule has 0 saturated carbocycles. The SMILES string of the molecule is CC(C)c1nc(C#N)c(NN=Cc2ccco2)o1. The van der Waals surface area contributed by atoms with Crippen LogP contribution in [0.1, 0.15) is 37.1 Å². The van der Waals surface area contributed by atoms with Crippen LogP contribution in [0.15, 0.2) is 32.3 Å². The normalized spacial score (nSPS) is 11.0. The van der Waals surface area contributed by atoms with E-state index in [4.69, 9.17) is 14.1 Å². The zero-order chi connectivity index (χ0) is 13.0. The first-order chi connectivity index (χ1) is 8.70. The number of hydrazone groups is 1. The third-order valence-corrected chi connectivity index (χ3v) is 2.14. The van der Waals surface area contributed by atoms with E-state index in [0.29, 0.717) is 11.7 Å². The molecule has 0 aliphatic carbocycles. The molecule has 0 atom stereocenters. The maximum Gasteiger partial charge on any atom is 0.252 e. The highest BCUT2D eigenvalue weighted by molar-refractivity contribution is 5.76. The molecule has 0 spiro atoms. The minimum Gasteiger partial charge on any atom is -0.463 e. The van der Waals surface area contributed by atoms with Gasteiger partial charge in [0.1, 0.15) is 11.8 Å². The second-order valence-corrected chi connectivity index (χ2v) is 3.88. The Labute approximate surface area is 104 Å². The van der Waals surface area contributed by atoms with Crippen LogP contribution in [0.3, 0.4) is 0 Å². The molecule has 2 aromatic heterocycles. The number of hydrogen-bond donors (Lipinski definition) is 1. The van der Waals surface area contributed by atoms with Crippen LogP contribution in [-0.4, -0.2) is 11.2 Å². The average molecular weight is 244 g/mol. The molecule has 0 aliphatic heterocycles. The topological polar surface area (TPSA) is 87.4 Å². The number of furan rings is 1. The van der Waals surface area contributed by atoms with Gasteiger partial charge in [-0.3, -0.25) is 0 Å². The fourth-order valence-corrected chi connectivity index (χ4v) is 1.25. The van der Waals surface area contributed by atoms with Crippen molar-refractivity contribution < 1.29 is 8.83 Å². The van der Waals surface area contributed by atoms with E-state index in [-0.39, 0.29) is 17.5 Å². The third-order valence-electron chi connectivity index (χ3n) is 2.14. The first kappa shape index (κ1) is 11.9. The number of hydrogen-bond acceptors (Lipinski definition) is 6. The molecule has 0 aromatic carbocycles. The minimum atomic E-state index is 0.113. The molecular formula is C12H12N4O2. The predicted octanol–water partition coefficient (Wildman–Crippen LogP) is 2.71. The summed E-state index contributed by atoms with van der Waals surface area (Å²) in [5.41, 5.74) is 2.83. The molecule has 2 rings (SSSR count). The van der Waals surface area contributed by atoms with E-state index in [9.17, 15) is 0 Å². The molecule has 0 saturated heterocycles. The van der Waals surface area contributed by atoms with Gasteiger partial charge in [0.25, 0.3) is 5.88 Å². The minimum absolute atomic E-state index is 0.113. The standard InChI is InChI=1S/C12H12N4O2/c1-8(2)11-15-10(6-13)12(18-11)16-14-7-9-4-3-5-17-9/h3-5,7-8,16H,1-2H3.